The summed E-state index contributed by atoms with van der Waals surface area (Å²) in [5.74, 6) is -0.512. The number of carbonyl (C=O) groups is 1. The van der Waals surface area contributed by atoms with Crippen LogP contribution in [0.4, 0.5) is 5.69 Å². The van der Waals surface area contributed by atoms with Gasteiger partial charge < -0.3 is 8.98 Å². The number of fused-ring (bicyclic) bond motifs is 1. The molecular weight excluding hydrogens is 408 g/mol. The van der Waals surface area contributed by atoms with Crippen molar-refractivity contribution in [3.8, 4) is 5.69 Å². The monoisotopic (exact) mass is 430 g/mol. The third kappa shape index (κ3) is 3.78. The molecule has 0 aliphatic rings. The van der Waals surface area contributed by atoms with Crippen LogP contribution in [0, 0.1) is 37.8 Å². The van der Waals surface area contributed by atoms with E-state index in [2.05, 4.69) is 41.1 Å². The zero-order valence-corrected chi connectivity index (χ0v) is 18.2. The Morgan fingerprint density at radius 2 is 1.81 bits per heavy atom. The van der Waals surface area contributed by atoms with Crippen molar-refractivity contribution in [2.45, 2.75) is 27.7 Å². The number of hydrazone groups is 1. The summed E-state index contributed by atoms with van der Waals surface area (Å²) >= 11 is 0. The molecule has 0 aliphatic heterocycles. The second kappa shape index (κ2) is 8.14. The molecule has 162 valence electrons. The van der Waals surface area contributed by atoms with Gasteiger partial charge in [-0.25, -0.2) is 5.43 Å². The van der Waals surface area contributed by atoms with Gasteiger partial charge in [-0.05, 0) is 57.0 Å². The van der Waals surface area contributed by atoms with Crippen molar-refractivity contribution in [1.82, 2.24) is 9.99 Å². The minimum atomic E-state index is -0.538. The Labute approximate surface area is 184 Å². The van der Waals surface area contributed by atoms with Gasteiger partial charge in [0.25, 0.3) is 5.69 Å². The molecule has 2 aromatic carbocycles. The Bertz CT molecular complexity index is 1370. The van der Waals surface area contributed by atoms with Crippen LogP contribution in [0.25, 0.3) is 16.7 Å². The highest BCUT2D eigenvalue weighted by Gasteiger charge is 2.16. The van der Waals surface area contributed by atoms with Crippen molar-refractivity contribution >= 4 is 28.8 Å². The summed E-state index contributed by atoms with van der Waals surface area (Å²) in [6, 6.07) is 13.8. The van der Waals surface area contributed by atoms with E-state index >= 15 is 0 Å². The highest BCUT2D eigenvalue weighted by Crippen LogP contribution is 2.26. The lowest BCUT2D eigenvalue weighted by atomic mass is 10.1. The lowest BCUT2D eigenvalue weighted by Gasteiger charge is -2.15. The van der Waals surface area contributed by atoms with Crippen LogP contribution in [0.5, 0.6) is 0 Å². The first-order valence-corrected chi connectivity index (χ1v) is 10.0. The van der Waals surface area contributed by atoms with Crippen molar-refractivity contribution in [1.29, 1.82) is 0 Å². The van der Waals surface area contributed by atoms with E-state index in [1.54, 1.807) is 6.21 Å². The number of amides is 1. The molecule has 0 atom stereocenters. The van der Waals surface area contributed by atoms with Crippen LogP contribution in [0.2, 0.25) is 0 Å². The van der Waals surface area contributed by atoms with Crippen molar-refractivity contribution < 1.29 is 14.1 Å². The molecule has 0 bridgehead atoms. The summed E-state index contributed by atoms with van der Waals surface area (Å²) in [6.07, 6.45) is 1.60. The second-order valence-electron chi connectivity index (χ2n) is 7.69. The van der Waals surface area contributed by atoms with Gasteiger partial charge in [0, 0.05) is 34.5 Å². The maximum Gasteiger partial charge on any atom is 0.307 e. The zero-order chi connectivity index (χ0) is 23.0. The number of nitro benzene ring substituents is 1. The van der Waals surface area contributed by atoms with Gasteiger partial charge in [-0.1, -0.05) is 18.2 Å². The largest absolute Gasteiger partial charge is 0.451 e. The van der Waals surface area contributed by atoms with Gasteiger partial charge in [0.1, 0.15) is 5.58 Å². The molecule has 0 spiro atoms. The van der Waals surface area contributed by atoms with Gasteiger partial charge in [-0.15, -0.1) is 0 Å². The molecule has 1 N–H and O–H groups in total. The van der Waals surface area contributed by atoms with E-state index in [1.807, 2.05) is 26.0 Å². The second-order valence-corrected chi connectivity index (χ2v) is 7.69. The minimum absolute atomic E-state index is 0.0265. The molecule has 0 radical (unpaired) electrons. The first-order valence-electron chi connectivity index (χ1n) is 10.0. The lowest BCUT2D eigenvalue weighted by molar-refractivity contribution is -0.384. The summed E-state index contributed by atoms with van der Waals surface area (Å²) in [5.41, 5.74) is 9.22. The van der Waals surface area contributed by atoms with Gasteiger partial charge in [0.2, 0.25) is 0 Å². The molecule has 1 amide bonds. The maximum absolute atomic E-state index is 12.4. The average Bonchev–Trinajstić information content (AvgIpc) is 3.29. The molecule has 32 heavy (non-hydrogen) atoms. The predicted molar refractivity (Wildman–Crippen MR) is 123 cm³/mol. The molecule has 4 rings (SSSR count). The van der Waals surface area contributed by atoms with Crippen molar-refractivity contribution in [3.05, 3.63) is 92.5 Å². The summed E-state index contributed by atoms with van der Waals surface area (Å²) in [4.78, 5) is 22.9. The fourth-order valence-electron chi connectivity index (χ4n) is 3.89. The van der Waals surface area contributed by atoms with E-state index < -0.39 is 10.8 Å². The number of nitro groups is 1. The summed E-state index contributed by atoms with van der Waals surface area (Å²) in [7, 11) is 0. The van der Waals surface area contributed by atoms with E-state index in [0.29, 0.717) is 11.0 Å². The van der Waals surface area contributed by atoms with Crippen molar-refractivity contribution in [2.75, 3.05) is 0 Å². The molecular formula is C24H22N4O4. The Balaban J connectivity index is 1.55. The number of aromatic nitrogens is 1. The fraction of sp³-hybridized carbons (Fsp3) is 0.167. The number of rotatable bonds is 5. The van der Waals surface area contributed by atoms with Gasteiger partial charge in [-0.2, -0.15) is 5.10 Å². The van der Waals surface area contributed by atoms with Crippen LogP contribution in [-0.2, 0) is 0 Å². The van der Waals surface area contributed by atoms with Gasteiger partial charge in [0.15, 0.2) is 5.76 Å². The lowest BCUT2D eigenvalue weighted by Crippen LogP contribution is -2.16. The first-order chi connectivity index (χ1) is 15.3. The average molecular weight is 430 g/mol. The molecule has 2 aromatic heterocycles. The first kappa shape index (κ1) is 21.0. The molecule has 2 heterocycles. The van der Waals surface area contributed by atoms with Crippen molar-refractivity contribution in [2.24, 2.45) is 5.10 Å². The minimum Gasteiger partial charge on any atom is -0.451 e. The summed E-state index contributed by atoms with van der Waals surface area (Å²) < 4.78 is 7.67. The number of nitrogens with zero attached hydrogens (tertiary/aromatic N) is 3. The van der Waals surface area contributed by atoms with Gasteiger partial charge >= 0.3 is 5.91 Å². The smallest absolute Gasteiger partial charge is 0.307 e. The Hall–Kier alpha value is -4.20. The standard InChI is InChI=1S/C24H22N4O4/c1-14-6-5-7-15(2)23(14)27-16(3)10-19(17(27)4)13-25-26-24(29)22-12-18-11-20(28(30)31)8-9-21(18)32-22/h5-13H,1-4H3,(H,26,29)/b25-13+. The number of benzene rings is 2. The fourth-order valence-corrected chi connectivity index (χ4v) is 3.89. The molecule has 0 fully saturated rings. The number of furan rings is 1. The maximum atomic E-state index is 12.4. The zero-order valence-electron chi connectivity index (χ0n) is 18.2. The number of nitrogens with one attached hydrogen (secondary N) is 1. The van der Waals surface area contributed by atoms with E-state index in [-0.39, 0.29) is 11.4 Å². The van der Waals surface area contributed by atoms with E-state index in [9.17, 15) is 14.9 Å². The predicted octanol–water partition coefficient (Wildman–Crippen LogP) is 5.13. The Kier molecular flexibility index (Phi) is 5.36. The quantitative estimate of drug-likeness (QED) is 0.269. The van der Waals surface area contributed by atoms with Gasteiger partial charge in [-0.3, -0.25) is 14.9 Å². The highest BCUT2D eigenvalue weighted by molar-refractivity contribution is 5.97. The van der Waals surface area contributed by atoms with Gasteiger partial charge in [0.05, 0.1) is 16.8 Å². The molecule has 0 saturated carbocycles. The number of hydrogen-bond donors (Lipinski definition) is 1. The summed E-state index contributed by atoms with van der Waals surface area (Å²) in [6.45, 7) is 8.20. The molecule has 0 unspecified atom stereocenters. The van der Waals surface area contributed by atoms with Crippen LogP contribution in [-0.4, -0.2) is 21.6 Å². The molecule has 0 aliphatic carbocycles. The molecule has 0 saturated heterocycles. The Morgan fingerprint density at radius 3 is 2.50 bits per heavy atom. The van der Waals surface area contributed by atoms with Crippen LogP contribution < -0.4 is 5.43 Å². The molecule has 8 nitrogen and oxygen atoms in total. The highest BCUT2D eigenvalue weighted by atomic mass is 16.6. The SMILES string of the molecule is Cc1cccc(C)c1-n1c(C)cc(/C=N/NC(=O)c2cc3cc([N+](=O)[O-])ccc3o2)c1C. The Morgan fingerprint density at radius 1 is 1.09 bits per heavy atom. The molecule has 4 aromatic rings. The van der Waals surface area contributed by atoms with Crippen LogP contribution in [0.15, 0.2) is 58.0 Å². The number of carbonyl (C=O) groups excluding carboxylic acids is 1. The normalized spacial score (nSPS) is 11.4. The molecule has 8 heteroatoms. The van der Waals surface area contributed by atoms with Crippen LogP contribution in [0.3, 0.4) is 0 Å². The third-order valence-corrected chi connectivity index (χ3v) is 5.44. The van der Waals surface area contributed by atoms with Crippen LogP contribution >= 0.6 is 0 Å². The number of hydrogen-bond acceptors (Lipinski definition) is 5. The van der Waals surface area contributed by atoms with Crippen LogP contribution in [0.1, 0.15) is 38.6 Å². The van der Waals surface area contributed by atoms with E-state index in [0.717, 1.165) is 22.6 Å². The number of aryl methyl sites for hydroxylation is 3. The topological polar surface area (TPSA) is 103 Å². The van der Waals surface area contributed by atoms with Crippen molar-refractivity contribution in [3.63, 3.8) is 0 Å². The van der Waals surface area contributed by atoms with E-state index in [1.165, 1.54) is 35.4 Å². The number of para-hydroxylation sites is 1. The number of non-ortho nitro benzene ring substituents is 1. The third-order valence-electron chi connectivity index (χ3n) is 5.44. The van der Waals surface area contributed by atoms with E-state index in [4.69, 9.17) is 4.42 Å². The summed E-state index contributed by atoms with van der Waals surface area (Å²) in [5, 5.41) is 15.5.